The molecule has 86 valence electrons. The summed E-state index contributed by atoms with van der Waals surface area (Å²) in [6.45, 7) is 1.74. The summed E-state index contributed by atoms with van der Waals surface area (Å²) in [6.07, 6.45) is 2.01. The third-order valence-electron chi connectivity index (χ3n) is 2.79. The van der Waals surface area contributed by atoms with E-state index in [0.717, 1.165) is 12.8 Å². The molecular weight excluding hydrogens is 228 g/mol. The van der Waals surface area contributed by atoms with Gasteiger partial charge in [0.15, 0.2) is 11.0 Å². The lowest BCUT2D eigenvalue weighted by atomic mass is 9.96. The van der Waals surface area contributed by atoms with Gasteiger partial charge in [0.1, 0.15) is 0 Å². The summed E-state index contributed by atoms with van der Waals surface area (Å²) in [5, 5.41) is 10.3. The maximum Gasteiger partial charge on any atom is 0.245 e. The summed E-state index contributed by atoms with van der Waals surface area (Å²) in [6, 6.07) is 3.16. The highest BCUT2D eigenvalue weighted by molar-refractivity contribution is 6.29. The zero-order chi connectivity index (χ0) is 11.8. The highest BCUT2D eigenvalue weighted by atomic mass is 35.5. The van der Waals surface area contributed by atoms with E-state index in [-0.39, 0.29) is 17.0 Å². The van der Waals surface area contributed by atoms with Gasteiger partial charge in [-0.1, -0.05) is 11.6 Å². The van der Waals surface area contributed by atoms with E-state index in [1.807, 2.05) is 0 Å². The second-order valence-electron chi connectivity index (χ2n) is 4.25. The zero-order valence-corrected chi connectivity index (χ0v) is 9.66. The van der Waals surface area contributed by atoms with Crippen molar-refractivity contribution in [2.24, 2.45) is 11.7 Å². The fourth-order valence-corrected chi connectivity index (χ4v) is 1.60. The third-order valence-corrected chi connectivity index (χ3v) is 2.99. The van der Waals surface area contributed by atoms with Gasteiger partial charge in [0.05, 0.1) is 5.54 Å². The topological polar surface area (TPSA) is 80.9 Å². The van der Waals surface area contributed by atoms with E-state index in [2.05, 4.69) is 15.5 Å². The van der Waals surface area contributed by atoms with E-state index in [1.54, 1.807) is 19.1 Å². The summed E-state index contributed by atoms with van der Waals surface area (Å²) in [5.41, 5.74) is 5.12. The maximum atomic E-state index is 11.9. The molecule has 1 unspecified atom stereocenters. The van der Waals surface area contributed by atoms with E-state index >= 15 is 0 Å². The van der Waals surface area contributed by atoms with Crippen molar-refractivity contribution in [2.75, 3.05) is 5.32 Å². The van der Waals surface area contributed by atoms with Gasteiger partial charge in [-0.3, -0.25) is 4.79 Å². The molecule has 1 aliphatic carbocycles. The number of nitrogens with one attached hydrogen (secondary N) is 1. The van der Waals surface area contributed by atoms with Crippen LogP contribution in [0.25, 0.3) is 0 Å². The highest BCUT2D eigenvalue weighted by Crippen LogP contribution is 2.38. The number of rotatable bonds is 3. The Kier molecular flexibility index (Phi) is 2.82. The van der Waals surface area contributed by atoms with Gasteiger partial charge in [-0.15, -0.1) is 10.2 Å². The van der Waals surface area contributed by atoms with Crippen LogP contribution in [0.2, 0.25) is 5.15 Å². The Labute approximate surface area is 98.4 Å². The Bertz CT molecular complexity index is 400. The lowest BCUT2D eigenvalue weighted by Gasteiger charge is -2.22. The van der Waals surface area contributed by atoms with Crippen LogP contribution < -0.4 is 11.1 Å². The number of carbonyl (C=O) groups is 1. The van der Waals surface area contributed by atoms with Crippen LogP contribution in [0.4, 0.5) is 5.82 Å². The van der Waals surface area contributed by atoms with Crippen molar-refractivity contribution < 1.29 is 4.79 Å². The molecule has 0 radical (unpaired) electrons. The molecule has 6 heteroatoms. The first-order valence-electron chi connectivity index (χ1n) is 5.09. The van der Waals surface area contributed by atoms with Gasteiger partial charge in [0.25, 0.3) is 0 Å². The molecule has 1 amide bonds. The quantitative estimate of drug-likeness (QED) is 0.832. The van der Waals surface area contributed by atoms with Crippen molar-refractivity contribution in [3.8, 4) is 0 Å². The predicted molar refractivity (Wildman–Crippen MR) is 61.0 cm³/mol. The number of halogens is 1. The van der Waals surface area contributed by atoms with Crippen LogP contribution in [-0.4, -0.2) is 21.6 Å². The fourth-order valence-electron chi connectivity index (χ4n) is 1.50. The van der Waals surface area contributed by atoms with Crippen LogP contribution in [0, 0.1) is 5.92 Å². The Hall–Kier alpha value is -1.20. The molecule has 1 saturated carbocycles. The predicted octanol–water partition coefficient (Wildman–Crippen LogP) is 1.20. The molecule has 5 nitrogen and oxygen atoms in total. The van der Waals surface area contributed by atoms with Crippen LogP contribution >= 0.6 is 11.6 Å². The monoisotopic (exact) mass is 240 g/mol. The van der Waals surface area contributed by atoms with E-state index in [9.17, 15) is 4.79 Å². The first-order valence-corrected chi connectivity index (χ1v) is 5.47. The van der Waals surface area contributed by atoms with Crippen LogP contribution in [0.15, 0.2) is 12.1 Å². The van der Waals surface area contributed by atoms with E-state index in [1.165, 1.54) is 0 Å². The Morgan fingerprint density at radius 2 is 2.25 bits per heavy atom. The molecule has 0 spiro atoms. The third kappa shape index (κ3) is 2.31. The molecule has 1 aliphatic rings. The van der Waals surface area contributed by atoms with Crippen molar-refractivity contribution in [1.29, 1.82) is 0 Å². The number of nitrogens with two attached hydrogens (primary N) is 1. The second-order valence-corrected chi connectivity index (χ2v) is 4.64. The Morgan fingerprint density at radius 3 is 2.75 bits per heavy atom. The summed E-state index contributed by atoms with van der Waals surface area (Å²) in [4.78, 5) is 11.9. The molecule has 0 aliphatic heterocycles. The summed E-state index contributed by atoms with van der Waals surface area (Å²) < 4.78 is 0. The van der Waals surface area contributed by atoms with Gasteiger partial charge in [-0.25, -0.2) is 0 Å². The summed E-state index contributed by atoms with van der Waals surface area (Å²) in [7, 11) is 0. The van der Waals surface area contributed by atoms with Crippen LogP contribution in [0.1, 0.15) is 19.8 Å². The zero-order valence-electron chi connectivity index (χ0n) is 8.90. The minimum Gasteiger partial charge on any atom is -0.317 e. The first-order chi connectivity index (χ1) is 7.50. The fraction of sp³-hybridized carbons (Fsp3) is 0.500. The average Bonchev–Trinajstić information content (AvgIpc) is 3.05. The molecule has 2 rings (SSSR count). The molecule has 1 fully saturated rings. The molecular formula is C10H13ClN4O. The Balaban J connectivity index is 2.04. The molecule has 3 N–H and O–H groups in total. The molecule has 1 atom stereocenters. The Morgan fingerprint density at radius 1 is 1.56 bits per heavy atom. The van der Waals surface area contributed by atoms with Crippen LogP contribution in [0.3, 0.4) is 0 Å². The molecule has 0 aromatic carbocycles. The van der Waals surface area contributed by atoms with Gasteiger partial charge in [0, 0.05) is 0 Å². The lowest BCUT2D eigenvalue weighted by molar-refractivity contribution is -0.121. The number of amides is 1. The van der Waals surface area contributed by atoms with Gasteiger partial charge < -0.3 is 11.1 Å². The number of hydrogen-bond donors (Lipinski definition) is 2. The number of nitrogens with zero attached hydrogens (tertiary/aromatic N) is 2. The smallest absolute Gasteiger partial charge is 0.245 e. The SMILES string of the molecule is CC(N)(C(=O)Nc1ccc(Cl)nn1)C1CC1. The van der Waals surface area contributed by atoms with Crippen LogP contribution in [0.5, 0.6) is 0 Å². The van der Waals surface area contributed by atoms with E-state index in [4.69, 9.17) is 17.3 Å². The maximum absolute atomic E-state index is 11.9. The van der Waals surface area contributed by atoms with Crippen molar-refractivity contribution in [2.45, 2.75) is 25.3 Å². The van der Waals surface area contributed by atoms with Gasteiger partial charge >= 0.3 is 0 Å². The molecule has 0 bridgehead atoms. The second kappa shape index (κ2) is 3.99. The molecule has 1 aromatic heterocycles. The van der Waals surface area contributed by atoms with Gasteiger partial charge in [-0.05, 0) is 37.8 Å². The van der Waals surface area contributed by atoms with Gasteiger partial charge in [0.2, 0.25) is 5.91 Å². The normalized spacial score (nSPS) is 18.9. The molecule has 16 heavy (non-hydrogen) atoms. The molecule has 1 aromatic rings. The summed E-state index contributed by atoms with van der Waals surface area (Å²) >= 11 is 5.59. The number of hydrogen-bond acceptors (Lipinski definition) is 4. The average molecular weight is 241 g/mol. The van der Waals surface area contributed by atoms with E-state index < -0.39 is 5.54 Å². The largest absolute Gasteiger partial charge is 0.317 e. The summed E-state index contributed by atoms with van der Waals surface area (Å²) in [5.74, 6) is 0.408. The standard InChI is InChI=1S/C10H13ClN4O/c1-10(12,6-2-3-6)9(16)13-8-5-4-7(11)14-15-8/h4-6H,2-3,12H2,1H3,(H,13,15,16). The van der Waals surface area contributed by atoms with Crippen molar-refractivity contribution >= 4 is 23.3 Å². The minimum atomic E-state index is -0.832. The number of anilines is 1. The number of carbonyl (C=O) groups excluding carboxylic acids is 1. The lowest BCUT2D eigenvalue weighted by Crippen LogP contribution is -2.50. The first kappa shape index (κ1) is 11.3. The van der Waals surface area contributed by atoms with Crippen LogP contribution in [-0.2, 0) is 4.79 Å². The van der Waals surface area contributed by atoms with Crippen molar-refractivity contribution in [3.05, 3.63) is 17.3 Å². The number of aromatic nitrogens is 2. The van der Waals surface area contributed by atoms with Crippen molar-refractivity contribution in [3.63, 3.8) is 0 Å². The molecule has 1 heterocycles. The van der Waals surface area contributed by atoms with Gasteiger partial charge in [-0.2, -0.15) is 0 Å². The highest BCUT2D eigenvalue weighted by Gasteiger charge is 2.44. The minimum absolute atomic E-state index is 0.230. The molecule has 0 saturated heterocycles. The van der Waals surface area contributed by atoms with E-state index in [0.29, 0.717) is 5.82 Å². The van der Waals surface area contributed by atoms with Crippen molar-refractivity contribution in [1.82, 2.24) is 10.2 Å².